The summed E-state index contributed by atoms with van der Waals surface area (Å²) in [7, 11) is 5.93. The van der Waals surface area contributed by atoms with Gasteiger partial charge in [-0.15, -0.1) is 0 Å². The highest BCUT2D eigenvalue weighted by atomic mass is 127. The standard InChI is InChI=1S/C9H18F2NO.HI/c1-7-9(10,11)5-8(13-7)6-12(2,3)4;/h7-8H,5-6H2,1-4H3;1H/q+1;/p-1/t7-,8-;/m1./s1. The average Bonchev–Trinajstić information content (AvgIpc) is 2.01. The van der Waals surface area contributed by atoms with Gasteiger partial charge in [-0.3, -0.25) is 0 Å². The number of hydrogen-bond acceptors (Lipinski definition) is 1. The fourth-order valence-electron chi connectivity index (χ4n) is 1.62. The SMILES string of the molecule is C[C@H]1O[C@@H](C[N+](C)(C)C)CC1(F)F.[I-]. The summed E-state index contributed by atoms with van der Waals surface area (Å²) in [4.78, 5) is 0. The van der Waals surface area contributed by atoms with Gasteiger partial charge in [-0.2, -0.15) is 0 Å². The Morgan fingerprint density at radius 1 is 1.36 bits per heavy atom. The summed E-state index contributed by atoms with van der Waals surface area (Å²) in [6.07, 6.45) is -1.36. The van der Waals surface area contributed by atoms with Crippen molar-refractivity contribution in [2.75, 3.05) is 27.7 Å². The predicted molar refractivity (Wildman–Crippen MR) is 46.8 cm³/mol. The molecule has 0 unspecified atom stereocenters. The fourth-order valence-corrected chi connectivity index (χ4v) is 1.62. The molecule has 14 heavy (non-hydrogen) atoms. The minimum Gasteiger partial charge on any atom is -1.00 e. The van der Waals surface area contributed by atoms with E-state index in [4.69, 9.17) is 4.74 Å². The Morgan fingerprint density at radius 3 is 2.14 bits per heavy atom. The minimum atomic E-state index is -2.64. The van der Waals surface area contributed by atoms with Gasteiger partial charge in [0.1, 0.15) is 18.8 Å². The van der Waals surface area contributed by atoms with Crippen molar-refractivity contribution in [2.45, 2.75) is 31.5 Å². The molecule has 1 rings (SSSR count). The van der Waals surface area contributed by atoms with Crippen molar-refractivity contribution >= 4 is 0 Å². The average molecular weight is 321 g/mol. The van der Waals surface area contributed by atoms with Crippen LogP contribution in [0.4, 0.5) is 8.78 Å². The lowest BCUT2D eigenvalue weighted by atomic mass is 10.1. The van der Waals surface area contributed by atoms with Crippen LogP contribution in [0.15, 0.2) is 0 Å². The zero-order valence-electron chi connectivity index (χ0n) is 9.06. The smallest absolute Gasteiger partial charge is 0.276 e. The van der Waals surface area contributed by atoms with E-state index in [0.717, 1.165) is 0 Å². The first-order chi connectivity index (χ1) is 5.71. The second kappa shape index (κ2) is 4.57. The van der Waals surface area contributed by atoms with Crippen molar-refractivity contribution in [1.82, 2.24) is 0 Å². The van der Waals surface area contributed by atoms with E-state index in [1.807, 2.05) is 21.1 Å². The molecule has 5 heteroatoms. The molecule has 0 spiro atoms. The number of nitrogens with zero attached hydrogens (tertiary/aromatic N) is 1. The Balaban J connectivity index is 0.00000169. The van der Waals surface area contributed by atoms with Crippen molar-refractivity contribution in [1.29, 1.82) is 0 Å². The van der Waals surface area contributed by atoms with Crippen LogP contribution >= 0.6 is 0 Å². The summed E-state index contributed by atoms with van der Waals surface area (Å²) in [5, 5.41) is 0. The molecule has 1 heterocycles. The van der Waals surface area contributed by atoms with Gasteiger partial charge in [-0.05, 0) is 6.92 Å². The second-order valence-electron chi connectivity index (χ2n) is 4.84. The lowest BCUT2D eigenvalue weighted by molar-refractivity contribution is -0.873. The van der Waals surface area contributed by atoms with Crippen LogP contribution in [0.3, 0.4) is 0 Å². The summed E-state index contributed by atoms with van der Waals surface area (Å²) in [6, 6.07) is 0. The van der Waals surface area contributed by atoms with E-state index in [-0.39, 0.29) is 36.5 Å². The van der Waals surface area contributed by atoms with E-state index < -0.39 is 12.0 Å². The first-order valence-electron chi connectivity index (χ1n) is 4.54. The molecule has 0 aliphatic carbocycles. The molecular formula is C9H18F2INO. The molecule has 1 aliphatic rings. The lowest BCUT2D eigenvalue weighted by Gasteiger charge is -2.26. The molecule has 86 valence electrons. The predicted octanol–water partition coefficient (Wildman–Crippen LogP) is -1.49. The van der Waals surface area contributed by atoms with Crippen LogP contribution in [-0.2, 0) is 4.74 Å². The van der Waals surface area contributed by atoms with Gasteiger partial charge in [-0.25, -0.2) is 8.78 Å². The van der Waals surface area contributed by atoms with Gasteiger partial charge in [0.2, 0.25) is 0 Å². The highest BCUT2D eigenvalue weighted by Gasteiger charge is 2.48. The van der Waals surface area contributed by atoms with Gasteiger partial charge < -0.3 is 33.2 Å². The number of ether oxygens (including phenoxy) is 1. The maximum atomic E-state index is 13.0. The van der Waals surface area contributed by atoms with E-state index in [9.17, 15) is 8.78 Å². The van der Waals surface area contributed by atoms with E-state index in [2.05, 4.69) is 0 Å². The molecule has 2 atom stereocenters. The highest BCUT2D eigenvalue weighted by Crippen LogP contribution is 2.35. The van der Waals surface area contributed by atoms with Gasteiger partial charge in [0.05, 0.1) is 21.1 Å². The normalized spacial score (nSPS) is 31.3. The van der Waals surface area contributed by atoms with E-state index in [1.165, 1.54) is 6.92 Å². The Kier molecular flexibility index (Phi) is 4.74. The third-order valence-corrected chi connectivity index (χ3v) is 2.24. The zero-order chi connectivity index (χ0) is 10.3. The largest absolute Gasteiger partial charge is 1.00 e. The fraction of sp³-hybridized carbons (Fsp3) is 1.00. The van der Waals surface area contributed by atoms with Gasteiger partial charge in [0.25, 0.3) is 5.92 Å². The summed E-state index contributed by atoms with van der Waals surface area (Å²) < 4.78 is 31.9. The quantitative estimate of drug-likeness (QED) is 0.445. The van der Waals surface area contributed by atoms with Crippen LogP contribution in [0.25, 0.3) is 0 Å². The lowest BCUT2D eigenvalue weighted by Crippen LogP contribution is -3.00. The summed E-state index contributed by atoms with van der Waals surface area (Å²) in [5.41, 5.74) is 0. The van der Waals surface area contributed by atoms with Crippen LogP contribution in [-0.4, -0.2) is 50.3 Å². The molecule has 0 radical (unpaired) electrons. The molecule has 1 saturated heterocycles. The van der Waals surface area contributed by atoms with Crippen molar-refractivity contribution in [2.24, 2.45) is 0 Å². The zero-order valence-corrected chi connectivity index (χ0v) is 11.2. The van der Waals surface area contributed by atoms with E-state index >= 15 is 0 Å². The Morgan fingerprint density at radius 2 is 1.86 bits per heavy atom. The van der Waals surface area contributed by atoms with Crippen LogP contribution in [0.5, 0.6) is 0 Å². The molecule has 2 nitrogen and oxygen atoms in total. The number of rotatable bonds is 2. The van der Waals surface area contributed by atoms with Crippen LogP contribution < -0.4 is 24.0 Å². The molecule has 0 amide bonds. The first kappa shape index (κ1) is 14.5. The number of hydrogen-bond donors (Lipinski definition) is 0. The second-order valence-corrected chi connectivity index (χ2v) is 4.84. The monoisotopic (exact) mass is 321 g/mol. The molecule has 0 aromatic carbocycles. The summed E-state index contributed by atoms with van der Waals surface area (Å²) >= 11 is 0. The maximum Gasteiger partial charge on any atom is 0.276 e. The first-order valence-corrected chi connectivity index (χ1v) is 4.54. The number of alkyl halides is 2. The van der Waals surface area contributed by atoms with Crippen LogP contribution in [0.1, 0.15) is 13.3 Å². The van der Waals surface area contributed by atoms with Crippen molar-refractivity contribution < 1.29 is 42.0 Å². The molecule has 1 fully saturated rings. The number of halogens is 3. The molecule has 0 saturated carbocycles. The molecule has 0 aromatic heterocycles. The number of likely N-dealkylation sites (N-methyl/N-ethyl adjacent to an activating group) is 1. The van der Waals surface area contributed by atoms with Crippen molar-refractivity contribution in [3.8, 4) is 0 Å². The van der Waals surface area contributed by atoms with E-state index in [1.54, 1.807) is 0 Å². The third-order valence-electron chi connectivity index (χ3n) is 2.24. The van der Waals surface area contributed by atoms with Gasteiger partial charge >= 0.3 is 0 Å². The Bertz CT molecular complexity index is 192. The van der Waals surface area contributed by atoms with Crippen LogP contribution in [0.2, 0.25) is 0 Å². The summed E-state index contributed by atoms with van der Waals surface area (Å²) in [6.45, 7) is 2.08. The van der Waals surface area contributed by atoms with Crippen LogP contribution in [0, 0.1) is 0 Å². The Hall–Kier alpha value is 0.510. The molecular weight excluding hydrogens is 303 g/mol. The van der Waals surface area contributed by atoms with Crippen molar-refractivity contribution in [3.63, 3.8) is 0 Å². The molecule has 0 N–H and O–H groups in total. The van der Waals surface area contributed by atoms with Crippen molar-refractivity contribution in [3.05, 3.63) is 0 Å². The minimum absolute atomic E-state index is 0. The van der Waals surface area contributed by atoms with Gasteiger partial charge in [0, 0.05) is 6.42 Å². The Labute approximate surface area is 101 Å². The van der Waals surface area contributed by atoms with Gasteiger partial charge in [-0.1, -0.05) is 0 Å². The maximum absolute atomic E-state index is 13.0. The molecule has 1 aliphatic heterocycles. The molecule has 0 aromatic rings. The molecule has 0 bridgehead atoms. The number of quaternary nitrogens is 1. The topological polar surface area (TPSA) is 9.23 Å². The summed E-state index contributed by atoms with van der Waals surface area (Å²) in [5.74, 6) is -2.64. The van der Waals surface area contributed by atoms with E-state index in [0.29, 0.717) is 11.0 Å². The van der Waals surface area contributed by atoms with Gasteiger partial charge in [0.15, 0.2) is 0 Å². The highest BCUT2D eigenvalue weighted by molar-refractivity contribution is 4.86. The third kappa shape index (κ3) is 3.94.